The number of unbranched alkanes of at least 4 members (excludes halogenated alkanes) is 1. The Hall–Kier alpha value is -1.03. The van der Waals surface area contributed by atoms with Gasteiger partial charge < -0.3 is 14.6 Å². The third kappa shape index (κ3) is 4.47. The van der Waals surface area contributed by atoms with Crippen molar-refractivity contribution in [2.24, 2.45) is 0 Å². The van der Waals surface area contributed by atoms with Crippen LogP contribution in [-0.4, -0.2) is 31.1 Å². The third-order valence-corrected chi connectivity index (χ3v) is 4.25. The van der Waals surface area contributed by atoms with E-state index in [1.54, 1.807) is 0 Å². The molecule has 0 unspecified atom stereocenters. The number of rotatable bonds is 8. The Bertz CT molecular complexity index is 565. The van der Waals surface area contributed by atoms with Gasteiger partial charge in [-0.15, -0.1) is 0 Å². The van der Waals surface area contributed by atoms with Gasteiger partial charge in [-0.25, -0.2) is 0 Å². The highest BCUT2D eigenvalue weighted by Gasteiger charge is 2.11. The number of hydrogen-bond donors (Lipinski definition) is 1. The summed E-state index contributed by atoms with van der Waals surface area (Å²) in [6, 6.07) is 8.60. The van der Waals surface area contributed by atoms with Gasteiger partial charge in [-0.1, -0.05) is 18.2 Å². The first-order chi connectivity index (χ1) is 10.1. The minimum Gasteiger partial charge on any atom is -0.444 e. The molecule has 4 heteroatoms. The van der Waals surface area contributed by atoms with Gasteiger partial charge >= 0.3 is 0 Å². The number of benzene rings is 1. The van der Waals surface area contributed by atoms with Crippen molar-refractivity contribution in [1.29, 1.82) is 0 Å². The number of fused-ring (bicyclic) bond motifs is 1. The molecule has 0 aliphatic heterocycles. The topological polar surface area (TPSA) is 28.4 Å². The highest BCUT2D eigenvalue weighted by molar-refractivity contribution is 6.30. The molecule has 0 aliphatic carbocycles. The van der Waals surface area contributed by atoms with E-state index in [-0.39, 0.29) is 0 Å². The molecule has 3 nitrogen and oxygen atoms in total. The molecule has 1 aromatic carbocycles. The summed E-state index contributed by atoms with van der Waals surface area (Å²) in [7, 11) is 2.18. The number of nitrogens with zero attached hydrogens (tertiary/aromatic N) is 1. The zero-order chi connectivity index (χ0) is 15.2. The standard InChI is InChI=1S/C17H25ClN2O/c1-13(2)20(3)11-7-6-10-19-12-15-14-8-4-5-9-16(14)21-17(15)18/h4-5,8-9,13,19H,6-7,10-12H2,1-3H3. The van der Waals surface area contributed by atoms with Gasteiger partial charge in [0.25, 0.3) is 0 Å². The molecular formula is C17H25ClN2O. The number of para-hydroxylation sites is 1. The smallest absolute Gasteiger partial charge is 0.199 e. The lowest BCUT2D eigenvalue weighted by Gasteiger charge is -2.20. The Kier molecular flexibility index (Phi) is 6.09. The molecule has 0 saturated heterocycles. The van der Waals surface area contributed by atoms with Gasteiger partial charge in [0.1, 0.15) is 5.58 Å². The lowest BCUT2D eigenvalue weighted by Crippen LogP contribution is -2.27. The number of furan rings is 1. The van der Waals surface area contributed by atoms with Crippen LogP contribution < -0.4 is 5.32 Å². The Morgan fingerprint density at radius 2 is 2.00 bits per heavy atom. The highest BCUT2D eigenvalue weighted by Crippen LogP contribution is 2.29. The average Bonchev–Trinajstić information content (AvgIpc) is 2.78. The molecule has 1 N–H and O–H groups in total. The van der Waals surface area contributed by atoms with Crippen molar-refractivity contribution in [1.82, 2.24) is 10.2 Å². The lowest BCUT2D eigenvalue weighted by molar-refractivity contribution is 0.268. The van der Waals surface area contributed by atoms with E-state index in [1.165, 1.54) is 12.8 Å². The van der Waals surface area contributed by atoms with Crippen molar-refractivity contribution in [3.63, 3.8) is 0 Å². The van der Waals surface area contributed by atoms with Crippen LogP contribution in [0.15, 0.2) is 28.7 Å². The Morgan fingerprint density at radius 3 is 2.76 bits per heavy atom. The van der Waals surface area contributed by atoms with Crippen LogP contribution in [0.3, 0.4) is 0 Å². The van der Waals surface area contributed by atoms with Crippen LogP contribution in [0.25, 0.3) is 11.0 Å². The average molecular weight is 309 g/mol. The van der Waals surface area contributed by atoms with E-state index in [1.807, 2.05) is 18.2 Å². The third-order valence-electron chi connectivity index (χ3n) is 3.95. The van der Waals surface area contributed by atoms with Crippen molar-refractivity contribution >= 4 is 22.6 Å². The van der Waals surface area contributed by atoms with Crippen LogP contribution in [0.2, 0.25) is 5.22 Å². The van der Waals surface area contributed by atoms with Crippen molar-refractivity contribution in [3.8, 4) is 0 Å². The van der Waals surface area contributed by atoms with Crippen molar-refractivity contribution in [2.75, 3.05) is 20.1 Å². The van der Waals surface area contributed by atoms with Gasteiger partial charge in [-0.05, 0) is 64.5 Å². The first-order valence-corrected chi connectivity index (χ1v) is 8.04. The van der Waals surface area contributed by atoms with E-state index in [0.29, 0.717) is 11.3 Å². The Labute approximate surface area is 132 Å². The molecule has 2 rings (SSSR count). The molecule has 2 aromatic rings. The molecule has 1 aromatic heterocycles. The Balaban J connectivity index is 1.74. The monoisotopic (exact) mass is 308 g/mol. The van der Waals surface area contributed by atoms with Gasteiger partial charge in [0.2, 0.25) is 0 Å². The quantitative estimate of drug-likeness (QED) is 0.737. The van der Waals surface area contributed by atoms with Gasteiger partial charge in [-0.3, -0.25) is 0 Å². The predicted molar refractivity (Wildman–Crippen MR) is 89.9 cm³/mol. The molecule has 21 heavy (non-hydrogen) atoms. The molecular weight excluding hydrogens is 284 g/mol. The fourth-order valence-electron chi connectivity index (χ4n) is 2.32. The molecule has 1 heterocycles. The fourth-order valence-corrected chi connectivity index (χ4v) is 2.57. The predicted octanol–water partition coefficient (Wildman–Crippen LogP) is 4.30. The minimum atomic E-state index is 0.503. The second-order valence-corrected chi connectivity index (χ2v) is 6.15. The summed E-state index contributed by atoms with van der Waals surface area (Å²) in [5.41, 5.74) is 1.92. The van der Waals surface area contributed by atoms with E-state index < -0.39 is 0 Å². The molecule has 116 valence electrons. The van der Waals surface area contributed by atoms with Crippen LogP contribution in [0.1, 0.15) is 32.3 Å². The maximum atomic E-state index is 6.17. The van der Waals surface area contributed by atoms with Crippen LogP contribution in [-0.2, 0) is 6.54 Å². The van der Waals surface area contributed by atoms with E-state index in [9.17, 15) is 0 Å². The van der Waals surface area contributed by atoms with E-state index in [4.69, 9.17) is 16.0 Å². The number of nitrogens with one attached hydrogen (secondary N) is 1. The van der Waals surface area contributed by atoms with Crippen molar-refractivity contribution in [2.45, 2.75) is 39.3 Å². The van der Waals surface area contributed by atoms with Crippen LogP contribution in [0.4, 0.5) is 0 Å². The van der Waals surface area contributed by atoms with Crippen molar-refractivity contribution in [3.05, 3.63) is 35.0 Å². The maximum Gasteiger partial charge on any atom is 0.199 e. The zero-order valence-electron chi connectivity index (χ0n) is 13.2. The largest absolute Gasteiger partial charge is 0.444 e. The molecule has 0 spiro atoms. The summed E-state index contributed by atoms with van der Waals surface area (Å²) >= 11 is 6.17. The summed E-state index contributed by atoms with van der Waals surface area (Å²) in [6.07, 6.45) is 2.38. The molecule has 0 amide bonds. The van der Waals surface area contributed by atoms with Gasteiger partial charge in [0.15, 0.2) is 5.22 Å². The van der Waals surface area contributed by atoms with E-state index in [2.05, 4.69) is 37.2 Å². The summed E-state index contributed by atoms with van der Waals surface area (Å²) < 4.78 is 5.55. The fraction of sp³-hybridized carbons (Fsp3) is 0.529. The van der Waals surface area contributed by atoms with Gasteiger partial charge in [0, 0.05) is 23.5 Å². The van der Waals surface area contributed by atoms with Gasteiger partial charge in [0.05, 0.1) is 0 Å². The normalized spacial score (nSPS) is 11.9. The summed E-state index contributed by atoms with van der Waals surface area (Å²) in [6.45, 7) is 7.36. The second kappa shape index (κ2) is 7.83. The van der Waals surface area contributed by atoms with E-state index >= 15 is 0 Å². The molecule has 0 fully saturated rings. The van der Waals surface area contributed by atoms with Crippen LogP contribution in [0, 0.1) is 0 Å². The SMILES string of the molecule is CC(C)N(C)CCCCNCc1c(Cl)oc2ccccc12. The molecule has 0 saturated carbocycles. The summed E-state index contributed by atoms with van der Waals surface area (Å²) in [4.78, 5) is 2.38. The Morgan fingerprint density at radius 1 is 1.24 bits per heavy atom. The van der Waals surface area contributed by atoms with E-state index in [0.717, 1.165) is 36.2 Å². The van der Waals surface area contributed by atoms with Crippen LogP contribution >= 0.6 is 11.6 Å². The molecule has 0 atom stereocenters. The number of hydrogen-bond acceptors (Lipinski definition) is 3. The molecule has 0 radical (unpaired) electrons. The van der Waals surface area contributed by atoms with Crippen molar-refractivity contribution < 1.29 is 4.42 Å². The molecule has 0 aliphatic rings. The lowest BCUT2D eigenvalue weighted by atomic mass is 10.2. The van der Waals surface area contributed by atoms with Gasteiger partial charge in [-0.2, -0.15) is 0 Å². The number of halogens is 1. The highest BCUT2D eigenvalue weighted by atomic mass is 35.5. The zero-order valence-corrected chi connectivity index (χ0v) is 13.9. The summed E-state index contributed by atoms with van der Waals surface area (Å²) in [5, 5.41) is 5.07. The molecule has 0 bridgehead atoms. The second-order valence-electron chi connectivity index (χ2n) is 5.81. The summed E-state index contributed by atoms with van der Waals surface area (Å²) in [5.74, 6) is 0. The minimum absolute atomic E-state index is 0.503. The maximum absolute atomic E-state index is 6.17. The first kappa shape index (κ1) is 16.3. The van der Waals surface area contributed by atoms with Crippen LogP contribution in [0.5, 0.6) is 0 Å². The first-order valence-electron chi connectivity index (χ1n) is 7.66.